The summed E-state index contributed by atoms with van der Waals surface area (Å²) in [6.07, 6.45) is 1.13. The average molecular weight is 333 g/mol. The van der Waals surface area contributed by atoms with Crippen LogP contribution in [-0.2, 0) is 0 Å². The fourth-order valence-corrected chi connectivity index (χ4v) is 2.04. The molecule has 0 unspecified atom stereocenters. The number of halogens is 3. The molecule has 0 saturated carbocycles. The zero-order valence-electron chi connectivity index (χ0n) is 8.81. The molecule has 0 saturated heterocycles. The van der Waals surface area contributed by atoms with Crippen LogP contribution in [0, 0.1) is 16.7 Å². The zero-order valence-corrected chi connectivity index (χ0v) is 11.9. The summed E-state index contributed by atoms with van der Waals surface area (Å²) in [4.78, 5) is 0. The minimum absolute atomic E-state index is 0.327. The summed E-state index contributed by atoms with van der Waals surface area (Å²) in [5.41, 5.74) is 1.59. The molecular formula is C11H8BrCl2N3. The quantitative estimate of drug-likeness (QED) is 0.827. The molecule has 0 aliphatic carbocycles. The maximum atomic E-state index is 9.06. The molecule has 0 fully saturated rings. The van der Waals surface area contributed by atoms with Gasteiger partial charge in [-0.15, -0.1) is 0 Å². The van der Waals surface area contributed by atoms with Crippen LogP contribution >= 0.6 is 39.1 Å². The lowest BCUT2D eigenvalue weighted by Crippen LogP contribution is -2.08. The molecule has 0 radical (unpaired) electrons. The molecule has 1 rings (SSSR count). The molecule has 0 atom stereocenters. The summed E-state index contributed by atoms with van der Waals surface area (Å²) in [5.74, 6) is 0. The van der Waals surface area contributed by atoms with E-state index in [9.17, 15) is 0 Å². The number of hydrogen-bond acceptors (Lipinski definition) is 3. The van der Waals surface area contributed by atoms with E-state index in [0.29, 0.717) is 31.4 Å². The second-order valence-electron chi connectivity index (χ2n) is 3.04. The fraction of sp³-hybridized carbons (Fsp3) is 0.0909. The van der Waals surface area contributed by atoms with Gasteiger partial charge in [0.25, 0.3) is 0 Å². The molecule has 0 heterocycles. The van der Waals surface area contributed by atoms with Crippen molar-refractivity contribution in [2.45, 2.75) is 0 Å². The van der Waals surface area contributed by atoms with Crippen molar-refractivity contribution in [3.05, 3.63) is 37.8 Å². The van der Waals surface area contributed by atoms with Crippen LogP contribution in [0.3, 0.4) is 0 Å². The molecule has 2 N–H and O–H groups in total. The third-order valence-corrected chi connectivity index (χ3v) is 3.41. The molecule has 0 spiro atoms. The highest BCUT2D eigenvalue weighted by molar-refractivity contribution is 9.12. The molecule has 17 heavy (non-hydrogen) atoms. The van der Waals surface area contributed by atoms with Gasteiger partial charge in [-0.25, -0.2) is 0 Å². The van der Waals surface area contributed by atoms with Gasteiger partial charge in [0.2, 0.25) is 0 Å². The Balaban J connectivity index is 3.55. The van der Waals surface area contributed by atoms with E-state index >= 15 is 0 Å². The minimum atomic E-state index is 0.327. The first-order valence-electron chi connectivity index (χ1n) is 4.52. The SMILES string of the molecule is CN/C(=C(/Br)C=N)c1cc(Cl)c(Cl)cc1C#N. The van der Waals surface area contributed by atoms with Gasteiger partial charge in [-0.2, -0.15) is 5.26 Å². The van der Waals surface area contributed by atoms with Crippen molar-refractivity contribution in [1.29, 1.82) is 10.7 Å². The Labute approximate surface area is 118 Å². The average Bonchev–Trinajstić information content (AvgIpc) is 2.33. The molecule has 0 amide bonds. The van der Waals surface area contributed by atoms with Gasteiger partial charge in [-0.05, 0) is 28.1 Å². The molecule has 6 heteroatoms. The number of allylic oxidation sites excluding steroid dienone is 1. The van der Waals surface area contributed by atoms with E-state index in [-0.39, 0.29) is 0 Å². The molecule has 0 aliphatic rings. The standard InChI is InChI=1S/C11H8BrCl2N3/c1-17-11(8(12)5-16)7-3-10(14)9(13)2-6(7)4-15/h2-3,5,16-17H,1H3/b11-8+,16-5?. The van der Waals surface area contributed by atoms with Crippen LogP contribution in [0.4, 0.5) is 0 Å². The van der Waals surface area contributed by atoms with Gasteiger partial charge >= 0.3 is 0 Å². The normalized spacial score (nSPS) is 11.5. The van der Waals surface area contributed by atoms with Gasteiger partial charge in [-0.1, -0.05) is 23.2 Å². The Kier molecular flexibility index (Phi) is 5.01. The van der Waals surface area contributed by atoms with E-state index in [1.165, 1.54) is 6.07 Å². The number of rotatable bonds is 3. The Hall–Kier alpha value is -1.02. The van der Waals surface area contributed by atoms with Gasteiger partial charge in [0.15, 0.2) is 0 Å². The van der Waals surface area contributed by atoms with Gasteiger partial charge < -0.3 is 10.7 Å². The van der Waals surface area contributed by atoms with Crippen molar-refractivity contribution in [2.24, 2.45) is 0 Å². The van der Waals surface area contributed by atoms with Gasteiger partial charge in [-0.3, -0.25) is 0 Å². The Morgan fingerprint density at radius 1 is 1.47 bits per heavy atom. The molecule has 1 aromatic carbocycles. The first kappa shape index (κ1) is 14.0. The highest BCUT2D eigenvalue weighted by atomic mass is 79.9. The van der Waals surface area contributed by atoms with Crippen molar-refractivity contribution in [3.8, 4) is 6.07 Å². The van der Waals surface area contributed by atoms with E-state index in [2.05, 4.69) is 21.2 Å². The molecule has 88 valence electrons. The van der Waals surface area contributed by atoms with E-state index in [4.69, 9.17) is 33.9 Å². The fourth-order valence-electron chi connectivity index (χ4n) is 1.30. The van der Waals surface area contributed by atoms with Crippen molar-refractivity contribution < 1.29 is 0 Å². The maximum absolute atomic E-state index is 9.06. The summed E-state index contributed by atoms with van der Waals surface area (Å²) < 4.78 is 0.523. The van der Waals surface area contributed by atoms with Crippen LogP contribution in [0.15, 0.2) is 16.6 Å². The van der Waals surface area contributed by atoms with Gasteiger partial charge in [0, 0.05) is 18.8 Å². The smallest absolute Gasteiger partial charge is 0.0999 e. The molecule has 3 nitrogen and oxygen atoms in total. The molecule has 0 aliphatic heterocycles. The van der Waals surface area contributed by atoms with Gasteiger partial charge in [0.05, 0.1) is 31.9 Å². The highest BCUT2D eigenvalue weighted by Crippen LogP contribution is 2.30. The van der Waals surface area contributed by atoms with Crippen LogP contribution in [0.1, 0.15) is 11.1 Å². The Bertz CT molecular complexity index is 532. The zero-order chi connectivity index (χ0) is 13.0. The number of nitriles is 1. The summed E-state index contributed by atoms with van der Waals surface area (Å²) >= 11 is 15.0. The van der Waals surface area contributed by atoms with E-state index < -0.39 is 0 Å². The number of nitrogens with zero attached hydrogens (tertiary/aromatic N) is 1. The number of hydrogen-bond donors (Lipinski definition) is 2. The summed E-state index contributed by atoms with van der Waals surface area (Å²) in [7, 11) is 1.70. The number of benzene rings is 1. The Morgan fingerprint density at radius 3 is 2.53 bits per heavy atom. The van der Waals surface area contributed by atoms with Crippen LogP contribution in [0.25, 0.3) is 5.70 Å². The van der Waals surface area contributed by atoms with Crippen molar-refractivity contribution in [1.82, 2.24) is 5.32 Å². The van der Waals surface area contributed by atoms with Crippen LogP contribution in [0.2, 0.25) is 10.0 Å². The summed E-state index contributed by atoms with van der Waals surface area (Å²) in [5, 5.41) is 19.9. The van der Waals surface area contributed by atoms with E-state index in [1.807, 2.05) is 6.07 Å². The van der Waals surface area contributed by atoms with E-state index in [1.54, 1.807) is 13.1 Å². The highest BCUT2D eigenvalue weighted by Gasteiger charge is 2.12. The van der Waals surface area contributed by atoms with Crippen LogP contribution in [0.5, 0.6) is 0 Å². The summed E-state index contributed by atoms with van der Waals surface area (Å²) in [6.45, 7) is 0. The molecule has 1 aromatic rings. The topological polar surface area (TPSA) is 59.7 Å². The van der Waals surface area contributed by atoms with Crippen LogP contribution < -0.4 is 5.32 Å². The summed E-state index contributed by atoms with van der Waals surface area (Å²) in [6, 6.07) is 5.14. The molecule has 0 aromatic heterocycles. The second-order valence-corrected chi connectivity index (χ2v) is 4.71. The van der Waals surface area contributed by atoms with E-state index in [0.717, 1.165) is 6.21 Å². The lowest BCUT2D eigenvalue weighted by atomic mass is 10.1. The van der Waals surface area contributed by atoms with Crippen molar-refractivity contribution >= 4 is 51.0 Å². The number of nitrogens with one attached hydrogen (secondary N) is 2. The lowest BCUT2D eigenvalue weighted by molar-refractivity contribution is 1.12. The second kappa shape index (κ2) is 6.06. The van der Waals surface area contributed by atoms with Crippen LogP contribution in [-0.4, -0.2) is 13.3 Å². The predicted octanol–water partition coefficient (Wildman–Crippen LogP) is 3.80. The van der Waals surface area contributed by atoms with Crippen molar-refractivity contribution in [2.75, 3.05) is 7.05 Å². The largest absolute Gasteiger partial charge is 0.387 e. The minimum Gasteiger partial charge on any atom is -0.387 e. The monoisotopic (exact) mass is 331 g/mol. The third-order valence-electron chi connectivity index (χ3n) is 2.07. The molecule has 0 bridgehead atoms. The Morgan fingerprint density at radius 2 is 2.06 bits per heavy atom. The third kappa shape index (κ3) is 3.01. The predicted molar refractivity (Wildman–Crippen MR) is 74.9 cm³/mol. The molecular weight excluding hydrogens is 325 g/mol. The first-order valence-corrected chi connectivity index (χ1v) is 6.07. The lowest BCUT2D eigenvalue weighted by Gasteiger charge is -2.11. The van der Waals surface area contributed by atoms with Gasteiger partial charge in [0.1, 0.15) is 0 Å². The first-order chi connectivity index (χ1) is 8.04. The maximum Gasteiger partial charge on any atom is 0.0999 e. The van der Waals surface area contributed by atoms with Crippen molar-refractivity contribution in [3.63, 3.8) is 0 Å².